The molecule has 5 rings (SSSR count). The highest BCUT2D eigenvalue weighted by Crippen LogP contribution is 2.32. The maximum Gasteiger partial charge on any atom is 0.252 e. The average molecular weight is 480 g/mol. The summed E-state index contributed by atoms with van der Waals surface area (Å²) in [5.41, 5.74) is 3.09. The van der Waals surface area contributed by atoms with Gasteiger partial charge in [-0.05, 0) is 66.9 Å². The Balaban J connectivity index is 1.24. The first-order chi connectivity index (χ1) is 16.5. The molecule has 7 heteroatoms. The number of fused-ring (bicyclic) bond motifs is 2. The smallest absolute Gasteiger partial charge is 0.252 e. The van der Waals surface area contributed by atoms with E-state index in [4.69, 9.17) is 4.74 Å². The Hall–Kier alpha value is -2.74. The van der Waals surface area contributed by atoms with Crippen LogP contribution < -0.4 is 10.5 Å². The normalized spacial score (nSPS) is 15.1. The number of aromatic nitrogens is 1. The highest BCUT2D eigenvalue weighted by atomic mass is 32.1. The summed E-state index contributed by atoms with van der Waals surface area (Å²) in [6, 6.07) is 15.2. The van der Waals surface area contributed by atoms with Crippen molar-refractivity contribution in [1.82, 2.24) is 9.47 Å². The fraction of sp³-hybridized carbons (Fsp3) is 0.370. The Labute approximate surface area is 203 Å². The van der Waals surface area contributed by atoms with E-state index in [0.29, 0.717) is 0 Å². The Kier molecular flexibility index (Phi) is 6.68. The highest BCUT2D eigenvalue weighted by Gasteiger charge is 2.20. The van der Waals surface area contributed by atoms with Crippen molar-refractivity contribution in [2.24, 2.45) is 0 Å². The summed E-state index contributed by atoms with van der Waals surface area (Å²) in [5, 5.41) is 4.21. The van der Waals surface area contributed by atoms with Crippen LogP contribution in [-0.2, 0) is 17.9 Å². The first-order valence-electron chi connectivity index (χ1n) is 11.9. The number of pyridine rings is 1. The zero-order chi connectivity index (χ0) is 23.7. The molecule has 1 fully saturated rings. The molecule has 0 radical (unpaired) electrons. The van der Waals surface area contributed by atoms with Gasteiger partial charge in [-0.25, -0.2) is 4.39 Å². The second-order valence-electron chi connectivity index (χ2n) is 9.17. The topological polar surface area (TPSA) is 37.7 Å². The third-order valence-electron chi connectivity index (χ3n) is 6.54. The number of rotatable bonds is 7. The predicted molar refractivity (Wildman–Crippen MR) is 139 cm³/mol. The first kappa shape index (κ1) is 23.0. The zero-order valence-electron chi connectivity index (χ0n) is 19.7. The lowest BCUT2D eigenvalue weighted by molar-refractivity contribution is 0.0292. The Bertz CT molecular complexity index is 1360. The standard InChI is InChI=1S/C27H30FN3O2S/c1-19(2)33-18-31-24-15-20(3-4-21(24)5-6-27(31)32)7-9-29-10-12-30(13-11-29)25-16-22(28)17-26-23(25)8-14-34-26/h3-6,8,14-17,19H,7,9-13,18H2,1-2H3. The van der Waals surface area contributed by atoms with Gasteiger partial charge in [0.15, 0.2) is 0 Å². The quantitative estimate of drug-likeness (QED) is 0.370. The molecular formula is C27H30FN3O2S. The molecule has 5 nitrogen and oxygen atoms in total. The molecule has 0 spiro atoms. The maximum atomic E-state index is 14.1. The molecule has 3 heterocycles. The Morgan fingerprint density at radius 2 is 1.82 bits per heavy atom. The maximum absolute atomic E-state index is 14.1. The van der Waals surface area contributed by atoms with Gasteiger partial charge < -0.3 is 9.64 Å². The van der Waals surface area contributed by atoms with E-state index in [-0.39, 0.29) is 24.2 Å². The van der Waals surface area contributed by atoms with Gasteiger partial charge in [-0.2, -0.15) is 0 Å². The monoisotopic (exact) mass is 479 g/mol. The fourth-order valence-electron chi connectivity index (χ4n) is 4.63. The zero-order valence-corrected chi connectivity index (χ0v) is 20.5. The molecule has 0 unspecified atom stereocenters. The Morgan fingerprint density at radius 3 is 2.62 bits per heavy atom. The summed E-state index contributed by atoms with van der Waals surface area (Å²) in [6.07, 6.45) is 0.978. The van der Waals surface area contributed by atoms with Gasteiger partial charge >= 0.3 is 0 Å². The number of hydrogen-bond donors (Lipinski definition) is 0. The summed E-state index contributed by atoms with van der Waals surface area (Å²) in [5.74, 6) is -0.166. The summed E-state index contributed by atoms with van der Waals surface area (Å²) >= 11 is 1.59. The van der Waals surface area contributed by atoms with E-state index in [9.17, 15) is 9.18 Å². The van der Waals surface area contributed by atoms with E-state index in [1.807, 2.05) is 25.3 Å². The van der Waals surface area contributed by atoms with Gasteiger partial charge in [-0.1, -0.05) is 12.1 Å². The Morgan fingerprint density at radius 1 is 1.03 bits per heavy atom. The average Bonchev–Trinajstić information content (AvgIpc) is 3.30. The second kappa shape index (κ2) is 9.86. The van der Waals surface area contributed by atoms with E-state index in [1.165, 1.54) is 5.56 Å². The van der Waals surface area contributed by atoms with Crippen molar-refractivity contribution in [2.45, 2.75) is 33.1 Å². The van der Waals surface area contributed by atoms with Crippen molar-refractivity contribution in [2.75, 3.05) is 37.6 Å². The summed E-state index contributed by atoms with van der Waals surface area (Å²) in [7, 11) is 0. The molecule has 4 aromatic rings. The third-order valence-corrected chi connectivity index (χ3v) is 7.40. The predicted octanol–water partition coefficient (Wildman–Crippen LogP) is 5.10. The second-order valence-corrected chi connectivity index (χ2v) is 10.1. The van der Waals surface area contributed by atoms with Gasteiger partial charge in [0, 0.05) is 54.6 Å². The molecule has 0 aliphatic carbocycles. The van der Waals surface area contributed by atoms with E-state index >= 15 is 0 Å². The lowest BCUT2D eigenvalue weighted by Gasteiger charge is -2.36. The lowest BCUT2D eigenvalue weighted by atomic mass is 10.1. The van der Waals surface area contributed by atoms with Crippen molar-refractivity contribution in [3.8, 4) is 0 Å². The van der Waals surface area contributed by atoms with Gasteiger partial charge in [0.05, 0.1) is 11.6 Å². The molecule has 0 bridgehead atoms. The van der Waals surface area contributed by atoms with Crippen LogP contribution in [0, 0.1) is 5.82 Å². The highest BCUT2D eigenvalue weighted by molar-refractivity contribution is 7.17. The van der Waals surface area contributed by atoms with Gasteiger partial charge in [0.2, 0.25) is 0 Å². The van der Waals surface area contributed by atoms with Crippen LogP contribution in [0.15, 0.2) is 58.7 Å². The van der Waals surface area contributed by atoms with Gasteiger partial charge in [0.1, 0.15) is 12.5 Å². The summed E-state index contributed by atoms with van der Waals surface area (Å²) in [6.45, 7) is 8.83. The van der Waals surface area contributed by atoms with Gasteiger partial charge in [-0.15, -0.1) is 11.3 Å². The van der Waals surface area contributed by atoms with Crippen LogP contribution in [0.5, 0.6) is 0 Å². The summed E-state index contributed by atoms with van der Waals surface area (Å²) in [4.78, 5) is 17.2. The summed E-state index contributed by atoms with van der Waals surface area (Å²) < 4.78 is 22.5. The number of hydrogen-bond acceptors (Lipinski definition) is 5. The molecule has 1 aliphatic rings. The fourth-order valence-corrected chi connectivity index (χ4v) is 5.46. The van der Waals surface area contributed by atoms with Crippen molar-refractivity contribution in [3.63, 3.8) is 0 Å². The van der Waals surface area contributed by atoms with Crippen molar-refractivity contribution < 1.29 is 9.13 Å². The number of nitrogens with zero attached hydrogens (tertiary/aromatic N) is 3. The minimum atomic E-state index is -0.166. The lowest BCUT2D eigenvalue weighted by Crippen LogP contribution is -2.47. The molecular weight excluding hydrogens is 449 g/mol. The number of anilines is 1. The number of benzene rings is 2. The van der Waals surface area contributed by atoms with Crippen LogP contribution in [0.1, 0.15) is 19.4 Å². The van der Waals surface area contributed by atoms with Crippen LogP contribution in [0.4, 0.5) is 10.1 Å². The van der Waals surface area contributed by atoms with Crippen molar-refractivity contribution in [3.05, 3.63) is 75.6 Å². The van der Waals surface area contributed by atoms with E-state index in [0.717, 1.165) is 65.8 Å². The van der Waals surface area contributed by atoms with E-state index in [2.05, 4.69) is 34.1 Å². The third kappa shape index (κ3) is 4.87. The van der Waals surface area contributed by atoms with Crippen LogP contribution in [0.3, 0.4) is 0 Å². The minimum Gasteiger partial charge on any atom is -0.368 e. The van der Waals surface area contributed by atoms with Crippen LogP contribution in [0.2, 0.25) is 0 Å². The molecule has 178 valence electrons. The molecule has 0 saturated carbocycles. The van der Waals surface area contributed by atoms with Gasteiger partial charge in [-0.3, -0.25) is 14.3 Å². The molecule has 1 saturated heterocycles. The van der Waals surface area contributed by atoms with E-state index < -0.39 is 0 Å². The van der Waals surface area contributed by atoms with Crippen molar-refractivity contribution in [1.29, 1.82) is 0 Å². The molecule has 2 aromatic heterocycles. The number of thiophene rings is 1. The van der Waals surface area contributed by atoms with Crippen LogP contribution in [-0.4, -0.2) is 48.3 Å². The first-order valence-corrected chi connectivity index (χ1v) is 12.7. The number of halogens is 1. The van der Waals surface area contributed by atoms with E-state index in [1.54, 1.807) is 34.1 Å². The molecule has 0 N–H and O–H groups in total. The van der Waals surface area contributed by atoms with Gasteiger partial charge in [0.25, 0.3) is 5.56 Å². The number of piperazine rings is 1. The molecule has 34 heavy (non-hydrogen) atoms. The SMILES string of the molecule is CC(C)OCn1c(=O)ccc2ccc(CCN3CCN(c4cc(F)cc5sccc45)CC3)cc21. The van der Waals surface area contributed by atoms with Crippen LogP contribution in [0.25, 0.3) is 21.0 Å². The van der Waals surface area contributed by atoms with Crippen molar-refractivity contribution >= 4 is 38.0 Å². The molecule has 1 aliphatic heterocycles. The minimum absolute atomic E-state index is 0.0431. The largest absolute Gasteiger partial charge is 0.368 e. The molecule has 2 aromatic carbocycles. The number of ether oxygens (including phenoxy) is 1. The van der Waals surface area contributed by atoms with Crippen LogP contribution >= 0.6 is 11.3 Å². The molecule has 0 amide bonds. The molecule has 0 atom stereocenters.